The lowest BCUT2D eigenvalue weighted by Crippen LogP contribution is -2.37. The fraction of sp³-hybridized carbons (Fsp3) is 0.583. The number of aryl methyl sites for hydroxylation is 1. The van der Waals surface area contributed by atoms with E-state index in [1.807, 2.05) is 6.92 Å². The molecule has 1 aromatic heterocycles. The van der Waals surface area contributed by atoms with Crippen molar-refractivity contribution in [2.24, 2.45) is 5.92 Å². The van der Waals surface area contributed by atoms with Crippen LogP contribution in [-0.4, -0.2) is 17.1 Å². The Hall–Kier alpha value is -0.870. The second kappa shape index (κ2) is 5.46. The first-order valence-corrected chi connectivity index (χ1v) is 6.28. The molecule has 4 heteroatoms. The van der Waals surface area contributed by atoms with Crippen LogP contribution in [0.15, 0.2) is 12.1 Å². The van der Waals surface area contributed by atoms with Gasteiger partial charge < -0.3 is 10.4 Å². The molecule has 16 heavy (non-hydrogen) atoms. The summed E-state index contributed by atoms with van der Waals surface area (Å²) in [5, 5.41) is 12.2. The van der Waals surface area contributed by atoms with Crippen LogP contribution in [-0.2, 0) is 4.79 Å². The van der Waals surface area contributed by atoms with Crippen molar-refractivity contribution in [2.75, 3.05) is 0 Å². The summed E-state index contributed by atoms with van der Waals surface area (Å²) in [7, 11) is 0. The molecule has 3 unspecified atom stereocenters. The van der Waals surface area contributed by atoms with E-state index >= 15 is 0 Å². The normalized spacial score (nSPS) is 16.8. The van der Waals surface area contributed by atoms with Gasteiger partial charge in [0.1, 0.15) is 0 Å². The van der Waals surface area contributed by atoms with E-state index in [0.29, 0.717) is 0 Å². The van der Waals surface area contributed by atoms with Crippen LogP contribution in [0.5, 0.6) is 0 Å². The smallest absolute Gasteiger partial charge is 0.307 e. The van der Waals surface area contributed by atoms with E-state index in [1.165, 1.54) is 9.75 Å². The third-order valence-electron chi connectivity index (χ3n) is 2.84. The van der Waals surface area contributed by atoms with Crippen molar-refractivity contribution in [1.82, 2.24) is 5.32 Å². The van der Waals surface area contributed by atoms with Crippen LogP contribution in [0.25, 0.3) is 0 Å². The lowest BCUT2D eigenvalue weighted by atomic mass is 10.0. The molecule has 0 radical (unpaired) electrons. The second-order valence-corrected chi connectivity index (χ2v) is 5.57. The van der Waals surface area contributed by atoms with Crippen molar-refractivity contribution < 1.29 is 9.90 Å². The van der Waals surface area contributed by atoms with E-state index < -0.39 is 5.97 Å². The van der Waals surface area contributed by atoms with Crippen molar-refractivity contribution in [3.8, 4) is 0 Å². The lowest BCUT2D eigenvalue weighted by molar-refractivity contribution is -0.142. The predicted molar refractivity (Wildman–Crippen MR) is 66.9 cm³/mol. The molecule has 0 aliphatic heterocycles. The van der Waals surface area contributed by atoms with Gasteiger partial charge >= 0.3 is 5.97 Å². The van der Waals surface area contributed by atoms with Crippen LogP contribution < -0.4 is 5.32 Å². The zero-order valence-corrected chi connectivity index (χ0v) is 11.0. The van der Waals surface area contributed by atoms with E-state index in [1.54, 1.807) is 18.3 Å². The van der Waals surface area contributed by atoms with Gasteiger partial charge in [0, 0.05) is 21.8 Å². The minimum Gasteiger partial charge on any atom is -0.481 e. The number of aliphatic carboxylic acids is 1. The van der Waals surface area contributed by atoms with E-state index in [0.717, 1.165) is 0 Å². The average Bonchev–Trinajstić information content (AvgIpc) is 2.63. The highest BCUT2D eigenvalue weighted by atomic mass is 32.1. The third kappa shape index (κ3) is 3.32. The van der Waals surface area contributed by atoms with E-state index in [4.69, 9.17) is 5.11 Å². The maximum atomic E-state index is 10.8. The zero-order valence-electron chi connectivity index (χ0n) is 10.2. The molecular weight excluding hydrogens is 222 g/mol. The van der Waals surface area contributed by atoms with E-state index in [9.17, 15) is 4.79 Å². The van der Waals surface area contributed by atoms with Crippen LogP contribution in [0.4, 0.5) is 0 Å². The summed E-state index contributed by atoms with van der Waals surface area (Å²) in [6, 6.07) is 4.35. The van der Waals surface area contributed by atoms with Crippen molar-refractivity contribution in [1.29, 1.82) is 0 Å². The largest absolute Gasteiger partial charge is 0.481 e. The van der Waals surface area contributed by atoms with Crippen molar-refractivity contribution in [2.45, 2.75) is 39.8 Å². The number of rotatable bonds is 5. The summed E-state index contributed by atoms with van der Waals surface area (Å²) >= 11 is 1.75. The third-order valence-corrected chi connectivity index (χ3v) is 4.02. The monoisotopic (exact) mass is 241 g/mol. The number of carbonyl (C=O) groups is 1. The zero-order chi connectivity index (χ0) is 12.3. The van der Waals surface area contributed by atoms with Crippen LogP contribution in [0, 0.1) is 12.8 Å². The summed E-state index contributed by atoms with van der Waals surface area (Å²) in [5.74, 6) is -1.13. The summed E-state index contributed by atoms with van der Waals surface area (Å²) in [5.41, 5.74) is 0. The standard InChI is InChI=1S/C12H19NO2S/c1-7-5-6-11(16-7)10(4)13-9(3)8(2)12(14)15/h5-6,8-10,13H,1-4H3,(H,14,15). The van der Waals surface area contributed by atoms with Crippen molar-refractivity contribution in [3.63, 3.8) is 0 Å². The maximum absolute atomic E-state index is 10.8. The molecule has 0 amide bonds. The first-order valence-electron chi connectivity index (χ1n) is 5.47. The van der Waals surface area contributed by atoms with Gasteiger partial charge in [-0.15, -0.1) is 11.3 Å². The maximum Gasteiger partial charge on any atom is 0.307 e. The molecule has 0 saturated carbocycles. The summed E-state index contributed by atoms with van der Waals surface area (Å²) in [4.78, 5) is 13.4. The van der Waals surface area contributed by atoms with Gasteiger partial charge in [-0.05, 0) is 32.9 Å². The molecule has 1 rings (SSSR count). The first-order chi connectivity index (χ1) is 7.41. The van der Waals surface area contributed by atoms with Crippen LogP contribution in [0.1, 0.15) is 36.6 Å². The number of hydrogen-bond acceptors (Lipinski definition) is 3. The Morgan fingerprint density at radius 3 is 2.44 bits per heavy atom. The van der Waals surface area contributed by atoms with Gasteiger partial charge in [-0.25, -0.2) is 0 Å². The summed E-state index contributed by atoms with van der Waals surface area (Å²) < 4.78 is 0. The minimum absolute atomic E-state index is 0.0325. The molecule has 3 nitrogen and oxygen atoms in total. The molecule has 0 aliphatic rings. The Bertz CT molecular complexity index is 362. The fourth-order valence-corrected chi connectivity index (χ4v) is 2.41. The SMILES string of the molecule is Cc1ccc(C(C)NC(C)C(C)C(=O)O)s1. The Balaban J connectivity index is 2.57. The number of nitrogens with one attached hydrogen (secondary N) is 1. The van der Waals surface area contributed by atoms with E-state index in [-0.39, 0.29) is 18.0 Å². The highest BCUT2D eigenvalue weighted by Gasteiger charge is 2.21. The van der Waals surface area contributed by atoms with Gasteiger partial charge in [0.25, 0.3) is 0 Å². The quantitative estimate of drug-likeness (QED) is 0.833. The van der Waals surface area contributed by atoms with Crippen molar-refractivity contribution in [3.05, 3.63) is 21.9 Å². The Kier molecular flexibility index (Phi) is 4.50. The molecule has 0 spiro atoms. The lowest BCUT2D eigenvalue weighted by Gasteiger charge is -2.22. The molecular formula is C12H19NO2S. The number of carboxylic acids is 1. The molecule has 0 fully saturated rings. The Morgan fingerprint density at radius 2 is 2.00 bits per heavy atom. The molecule has 0 bridgehead atoms. The van der Waals surface area contributed by atoms with Gasteiger partial charge in [0.15, 0.2) is 0 Å². The number of carboxylic acid groups (broad SMARTS) is 1. The van der Waals surface area contributed by atoms with Gasteiger partial charge in [-0.1, -0.05) is 6.92 Å². The van der Waals surface area contributed by atoms with Crippen LogP contribution in [0.3, 0.4) is 0 Å². The minimum atomic E-state index is -0.755. The highest BCUT2D eigenvalue weighted by molar-refractivity contribution is 7.12. The average molecular weight is 241 g/mol. The molecule has 0 aromatic carbocycles. The first kappa shape index (κ1) is 13.2. The molecule has 0 saturated heterocycles. The summed E-state index contributed by atoms with van der Waals surface area (Å²) in [6.45, 7) is 7.78. The fourth-order valence-electron chi connectivity index (χ4n) is 1.52. The Morgan fingerprint density at radius 1 is 1.38 bits per heavy atom. The molecule has 2 N–H and O–H groups in total. The van der Waals surface area contributed by atoms with Crippen LogP contribution >= 0.6 is 11.3 Å². The topological polar surface area (TPSA) is 49.3 Å². The van der Waals surface area contributed by atoms with Gasteiger partial charge in [-0.2, -0.15) is 0 Å². The van der Waals surface area contributed by atoms with Gasteiger partial charge in [0.05, 0.1) is 5.92 Å². The molecule has 3 atom stereocenters. The molecule has 0 aliphatic carbocycles. The summed E-state index contributed by atoms with van der Waals surface area (Å²) in [6.07, 6.45) is 0. The molecule has 1 heterocycles. The van der Waals surface area contributed by atoms with Crippen molar-refractivity contribution >= 4 is 17.3 Å². The highest BCUT2D eigenvalue weighted by Crippen LogP contribution is 2.23. The van der Waals surface area contributed by atoms with Gasteiger partial charge in [-0.3, -0.25) is 4.79 Å². The van der Waals surface area contributed by atoms with Crippen LogP contribution in [0.2, 0.25) is 0 Å². The Labute approximate surface area is 100 Å². The number of thiophene rings is 1. The molecule has 1 aromatic rings. The second-order valence-electron chi connectivity index (χ2n) is 4.25. The number of hydrogen-bond donors (Lipinski definition) is 2. The van der Waals surface area contributed by atoms with E-state index in [2.05, 4.69) is 31.3 Å². The van der Waals surface area contributed by atoms with Gasteiger partial charge in [0.2, 0.25) is 0 Å². The predicted octanol–water partition coefficient (Wildman–Crippen LogP) is 2.82. The molecule has 90 valence electrons.